The van der Waals surface area contributed by atoms with Crippen molar-refractivity contribution < 1.29 is 0 Å². The predicted octanol–water partition coefficient (Wildman–Crippen LogP) is 3.82. The molecule has 2 aliphatic rings. The first-order valence-corrected chi connectivity index (χ1v) is 8.22. The van der Waals surface area contributed by atoms with Crippen molar-refractivity contribution in [3.63, 3.8) is 0 Å². The molecule has 1 aliphatic heterocycles. The molecule has 98 valence electrons. The van der Waals surface area contributed by atoms with Crippen LogP contribution in [-0.2, 0) is 0 Å². The highest BCUT2D eigenvalue weighted by molar-refractivity contribution is 8.14. The van der Waals surface area contributed by atoms with Gasteiger partial charge in [0.15, 0.2) is 5.17 Å². The molecular weight excluding hydrogens is 228 g/mol. The third-order valence-corrected chi connectivity index (χ3v) is 5.68. The first-order valence-electron chi connectivity index (χ1n) is 7.23. The van der Waals surface area contributed by atoms with Crippen LogP contribution in [0.4, 0.5) is 0 Å². The summed E-state index contributed by atoms with van der Waals surface area (Å²) in [5.74, 6) is 2.16. The van der Waals surface area contributed by atoms with Crippen molar-refractivity contribution in [3.8, 4) is 0 Å². The van der Waals surface area contributed by atoms with Crippen LogP contribution in [-0.4, -0.2) is 23.0 Å². The average molecular weight is 254 g/mol. The van der Waals surface area contributed by atoms with Crippen molar-refractivity contribution in [1.82, 2.24) is 5.32 Å². The topological polar surface area (TPSA) is 24.4 Å². The molecular formula is C14H26N2S. The number of hydrogen-bond donors (Lipinski definition) is 1. The van der Waals surface area contributed by atoms with Crippen molar-refractivity contribution in [2.24, 2.45) is 10.9 Å². The lowest BCUT2D eigenvalue weighted by Crippen LogP contribution is -2.42. The Morgan fingerprint density at radius 2 is 2.00 bits per heavy atom. The van der Waals surface area contributed by atoms with Gasteiger partial charge in [0.25, 0.3) is 0 Å². The molecule has 2 rings (SSSR count). The quantitative estimate of drug-likeness (QED) is 0.806. The van der Waals surface area contributed by atoms with Gasteiger partial charge in [-0.05, 0) is 25.2 Å². The highest BCUT2D eigenvalue weighted by Crippen LogP contribution is 2.30. The van der Waals surface area contributed by atoms with Crippen LogP contribution in [0.2, 0.25) is 0 Å². The summed E-state index contributed by atoms with van der Waals surface area (Å²) >= 11 is 1.92. The fourth-order valence-corrected chi connectivity index (χ4v) is 4.23. The number of aliphatic imine (C=N–C) groups is 1. The zero-order valence-electron chi connectivity index (χ0n) is 11.3. The fourth-order valence-electron chi connectivity index (χ4n) is 2.87. The van der Waals surface area contributed by atoms with Gasteiger partial charge in [0.1, 0.15) is 0 Å². The van der Waals surface area contributed by atoms with Gasteiger partial charge < -0.3 is 5.32 Å². The lowest BCUT2D eigenvalue weighted by Gasteiger charge is -2.25. The Kier molecular flexibility index (Phi) is 4.78. The second-order valence-electron chi connectivity index (χ2n) is 5.53. The van der Waals surface area contributed by atoms with Crippen molar-refractivity contribution in [3.05, 3.63) is 0 Å². The van der Waals surface area contributed by atoms with Crippen LogP contribution < -0.4 is 5.32 Å². The second kappa shape index (κ2) is 6.12. The third kappa shape index (κ3) is 3.40. The predicted molar refractivity (Wildman–Crippen MR) is 77.8 cm³/mol. The van der Waals surface area contributed by atoms with Crippen LogP contribution in [0.25, 0.3) is 0 Å². The lowest BCUT2D eigenvalue weighted by atomic mass is 9.96. The van der Waals surface area contributed by atoms with Crippen LogP contribution in [0, 0.1) is 5.92 Å². The number of nitrogens with one attached hydrogen (secondary N) is 1. The Balaban J connectivity index is 1.75. The van der Waals surface area contributed by atoms with Crippen LogP contribution >= 0.6 is 11.8 Å². The van der Waals surface area contributed by atoms with Crippen molar-refractivity contribution in [1.29, 1.82) is 0 Å². The van der Waals surface area contributed by atoms with E-state index in [0.29, 0.717) is 5.54 Å². The maximum Gasteiger partial charge on any atom is 0.157 e. The van der Waals surface area contributed by atoms with E-state index in [0.717, 1.165) is 12.5 Å². The molecule has 0 radical (unpaired) electrons. The van der Waals surface area contributed by atoms with E-state index >= 15 is 0 Å². The van der Waals surface area contributed by atoms with Gasteiger partial charge in [-0.1, -0.05) is 51.3 Å². The molecule has 0 aromatic rings. The zero-order valence-corrected chi connectivity index (χ0v) is 12.1. The Bertz CT molecular complexity index is 265. The first-order chi connectivity index (χ1) is 8.28. The molecule has 17 heavy (non-hydrogen) atoms. The van der Waals surface area contributed by atoms with Gasteiger partial charge in [-0.3, -0.25) is 4.99 Å². The van der Waals surface area contributed by atoms with Gasteiger partial charge >= 0.3 is 0 Å². The Hall–Kier alpha value is -0.180. The molecule has 0 bridgehead atoms. The molecule has 0 amide bonds. The van der Waals surface area contributed by atoms with E-state index in [-0.39, 0.29) is 0 Å². The van der Waals surface area contributed by atoms with Crippen LogP contribution in [0.5, 0.6) is 0 Å². The van der Waals surface area contributed by atoms with Crippen molar-refractivity contribution in [2.45, 2.75) is 64.3 Å². The maximum absolute atomic E-state index is 4.75. The first kappa shape index (κ1) is 13.3. The highest BCUT2D eigenvalue weighted by atomic mass is 32.2. The highest BCUT2D eigenvalue weighted by Gasteiger charge is 2.33. The molecule has 2 nitrogen and oxygen atoms in total. The summed E-state index contributed by atoms with van der Waals surface area (Å²) in [5.41, 5.74) is 0.330. The second-order valence-corrected chi connectivity index (χ2v) is 6.49. The van der Waals surface area contributed by atoms with E-state index in [1.165, 1.54) is 55.9 Å². The molecule has 0 unspecified atom stereocenters. The number of nitrogens with zero attached hydrogens (tertiary/aromatic N) is 1. The van der Waals surface area contributed by atoms with E-state index in [9.17, 15) is 0 Å². The Morgan fingerprint density at radius 3 is 2.59 bits per heavy atom. The molecule has 1 aliphatic carbocycles. The van der Waals surface area contributed by atoms with E-state index in [2.05, 4.69) is 19.2 Å². The summed E-state index contributed by atoms with van der Waals surface area (Å²) in [6.45, 7) is 5.58. The summed E-state index contributed by atoms with van der Waals surface area (Å²) in [6.07, 6.45) is 9.50. The minimum absolute atomic E-state index is 0.330. The number of hydrogen-bond acceptors (Lipinski definition) is 2. The van der Waals surface area contributed by atoms with Gasteiger partial charge in [-0.25, -0.2) is 0 Å². The van der Waals surface area contributed by atoms with E-state index in [4.69, 9.17) is 4.99 Å². The van der Waals surface area contributed by atoms with Crippen LogP contribution in [0.15, 0.2) is 4.99 Å². The SMILES string of the molecule is CCC1(CC)CSC(=NCCC2CCCC2)N1. The largest absolute Gasteiger partial charge is 0.359 e. The zero-order chi connectivity index (χ0) is 12.1. The summed E-state index contributed by atoms with van der Waals surface area (Å²) in [7, 11) is 0. The summed E-state index contributed by atoms with van der Waals surface area (Å²) < 4.78 is 0. The third-order valence-electron chi connectivity index (χ3n) is 4.48. The maximum atomic E-state index is 4.75. The van der Waals surface area contributed by atoms with E-state index in [1.807, 2.05) is 11.8 Å². The Morgan fingerprint density at radius 1 is 1.29 bits per heavy atom. The van der Waals surface area contributed by atoms with Gasteiger partial charge in [0, 0.05) is 17.8 Å². The number of amidine groups is 1. The fraction of sp³-hybridized carbons (Fsp3) is 0.929. The average Bonchev–Trinajstić information content (AvgIpc) is 2.99. The molecule has 1 saturated heterocycles. The summed E-state index contributed by atoms with van der Waals surface area (Å²) in [6, 6.07) is 0. The summed E-state index contributed by atoms with van der Waals surface area (Å²) in [5, 5.41) is 4.84. The van der Waals surface area contributed by atoms with Gasteiger partial charge in [0.05, 0.1) is 0 Å². The molecule has 1 N–H and O–H groups in total. The summed E-state index contributed by atoms with van der Waals surface area (Å²) in [4.78, 5) is 4.75. The number of thioether (sulfide) groups is 1. The smallest absolute Gasteiger partial charge is 0.157 e. The van der Waals surface area contributed by atoms with Crippen LogP contribution in [0.1, 0.15) is 58.8 Å². The van der Waals surface area contributed by atoms with Crippen molar-refractivity contribution >= 4 is 16.9 Å². The molecule has 2 fully saturated rings. The van der Waals surface area contributed by atoms with Crippen LogP contribution in [0.3, 0.4) is 0 Å². The number of rotatable bonds is 5. The molecule has 0 atom stereocenters. The molecule has 0 aromatic heterocycles. The molecule has 0 aromatic carbocycles. The van der Waals surface area contributed by atoms with Gasteiger partial charge in [0.2, 0.25) is 0 Å². The van der Waals surface area contributed by atoms with Gasteiger partial charge in [-0.2, -0.15) is 0 Å². The van der Waals surface area contributed by atoms with Gasteiger partial charge in [-0.15, -0.1) is 0 Å². The minimum Gasteiger partial charge on any atom is -0.359 e. The molecule has 0 spiro atoms. The minimum atomic E-state index is 0.330. The standard InChI is InChI=1S/C14H26N2S/c1-3-14(4-2)11-17-13(16-14)15-10-9-12-7-5-6-8-12/h12H,3-11H2,1-2H3,(H,15,16). The lowest BCUT2D eigenvalue weighted by molar-refractivity contribution is 0.407. The normalized spacial score (nSPS) is 26.6. The molecule has 3 heteroatoms. The molecule has 1 heterocycles. The van der Waals surface area contributed by atoms with Crippen molar-refractivity contribution in [2.75, 3.05) is 12.3 Å². The van der Waals surface area contributed by atoms with E-state index < -0.39 is 0 Å². The monoisotopic (exact) mass is 254 g/mol. The van der Waals surface area contributed by atoms with E-state index in [1.54, 1.807) is 0 Å². The molecule has 1 saturated carbocycles. The Labute approximate surface area is 110 Å².